The first-order valence-corrected chi connectivity index (χ1v) is 13.6. The molecule has 5 rings (SSSR count). The quantitative estimate of drug-likeness (QED) is 0.163. The molecule has 0 aromatic heterocycles. The van der Waals surface area contributed by atoms with Gasteiger partial charge in [0.15, 0.2) is 0 Å². The molecular formula is C33H26N2O5S. The largest absolute Gasteiger partial charge is 0.495 e. The van der Waals surface area contributed by atoms with Gasteiger partial charge in [0.2, 0.25) is 5.91 Å². The Morgan fingerprint density at radius 2 is 1.44 bits per heavy atom. The second-order valence-corrected chi connectivity index (χ2v) is 10.3. The summed E-state index contributed by atoms with van der Waals surface area (Å²) in [6, 6.07) is 33.9. The summed E-state index contributed by atoms with van der Waals surface area (Å²) in [5.74, 6) is -1.20. The van der Waals surface area contributed by atoms with Gasteiger partial charge in [0.1, 0.15) is 11.0 Å². The van der Waals surface area contributed by atoms with E-state index in [0.717, 1.165) is 10.5 Å². The van der Waals surface area contributed by atoms with Crippen molar-refractivity contribution in [2.24, 2.45) is 0 Å². The number of methoxy groups -OCH3 is 1. The lowest BCUT2D eigenvalue weighted by Crippen LogP contribution is -2.19. The molecule has 3 N–H and O–H groups in total. The average Bonchev–Trinajstić information content (AvgIpc) is 3.00. The van der Waals surface area contributed by atoms with E-state index in [2.05, 4.69) is 10.6 Å². The van der Waals surface area contributed by atoms with Crippen molar-refractivity contribution in [3.63, 3.8) is 0 Å². The van der Waals surface area contributed by atoms with E-state index < -0.39 is 17.1 Å². The number of para-hydroxylation sites is 2. The highest BCUT2D eigenvalue weighted by Gasteiger charge is 2.24. The Morgan fingerprint density at radius 3 is 2.17 bits per heavy atom. The van der Waals surface area contributed by atoms with Gasteiger partial charge in [0.05, 0.1) is 18.4 Å². The highest BCUT2D eigenvalue weighted by atomic mass is 32.2. The summed E-state index contributed by atoms with van der Waals surface area (Å²) in [5, 5.41) is 16.0. The number of rotatable bonds is 9. The van der Waals surface area contributed by atoms with Gasteiger partial charge in [0, 0.05) is 21.5 Å². The number of hydrogen-bond donors (Lipinski definition) is 3. The fourth-order valence-electron chi connectivity index (χ4n) is 4.54. The summed E-state index contributed by atoms with van der Waals surface area (Å²) in [6.45, 7) is 0. The smallest absolute Gasteiger partial charge is 0.336 e. The molecule has 2 amide bonds. The fourth-order valence-corrected chi connectivity index (χ4v) is 5.62. The zero-order chi connectivity index (χ0) is 28.8. The van der Waals surface area contributed by atoms with Crippen LogP contribution in [-0.4, -0.2) is 30.0 Å². The third-order valence-electron chi connectivity index (χ3n) is 6.43. The van der Waals surface area contributed by atoms with Crippen molar-refractivity contribution in [1.82, 2.24) is 0 Å². The lowest BCUT2D eigenvalue weighted by Gasteiger charge is -2.18. The normalized spacial score (nSPS) is 11.4. The highest BCUT2D eigenvalue weighted by Crippen LogP contribution is 2.38. The molecule has 7 nitrogen and oxygen atoms in total. The van der Waals surface area contributed by atoms with E-state index >= 15 is 0 Å². The van der Waals surface area contributed by atoms with E-state index in [1.807, 2.05) is 48.5 Å². The van der Waals surface area contributed by atoms with Gasteiger partial charge < -0.3 is 20.5 Å². The number of ether oxygens (including phenoxy) is 1. The predicted octanol–water partition coefficient (Wildman–Crippen LogP) is 7.27. The van der Waals surface area contributed by atoms with Gasteiger partial charge in [-0.25, -0.2) is 4.79 Å². The molecule has 0 aliphatic carbocycles. The van der Waals surface area contributed by atoms with Crippen molar-refractivity contribution in [2.75, 3.05) is 17.7 Å². The van der Waals surface area contributed by atoms with Gasteiger partial charge in [0.25, 0.3) is 5.91 Å². The molecule has 0 radical (unpaired) electrons. The standard InChI is InChI=1S/C33H26N2O5S/c1-40-28-19-6-5-18-27(28)35-32(37)30(22-10-3-2-4-11-22)41-24-15-9-14-23(20-24)34-31(36)25-16-7-12-21-13-8-17-26(29(21)25)33(38)39/h2-20,30H,1H3,(H,34,36)(H,35,37)(H,38,39). The van der Waals surface area contributed by atoms with Crippen LogP contribution in [0.2, 0.25) is 0 Å². The lowest BCUT2D eigenvalue weighted by molar-refractivity contribution is -0.115. The number of carboxylic acids is 1. The minimum Gasteiger partial charge on any atom is -0.495 e. The van der Waals surface area contributed by atoms with Crippen LogP contribution in [0.5, 0.6) is 5.75 Å². The molecule has 8 heteroatoms. The number of carbonyl (C=O) groups excluding carboxylic acids is 2. The number of fused-ring (bicyclic) bond motifs is 1. The molecule has 0 fully saturated rings. The van der Waals surface area contributed by atoms with E-state index in [-0.39, 0.29) is 17.0 Å². The van der Waals surface area contributed by atoms with Crippen molar-refractivity contribution in [1.29, 1.82) is 0 Å². The number of thioether (sulfide) groups is 1. The molecule has 0 aliphatic rings. The molecule has 0 saturated heterocycles. The van der Waals surface area contributed by atoms with Gasteiger partial charge in [-0.2, -0.15) is 0 Å². The number of aromatic carboxylic acids is 1. The van der Waals surface area contributed by atoms with E-state index in [0.29, 0.717) is 27.9 Å². The maximum atomic E-state index is 13.5. The van der Waals surface area contributed by atoms with E-state index in [4.69, 9.17) is 4.74 Å². The molecule has 5 aromatic carbocycles. The third-order valence-corrected chi connectivity index (χ3v) is 7.68. The fraction of sp³-hybridized carbons (Fsp3) is 0.0606. The van der Waals surface area contributed by atoms with Crippen molar-refractivity contribution < 1.29 is 24.2 Å². The Bertz CT molecular complexity index is 1730. The zero-order valence-corrected chi connectivity index (χ0v) is 22.9. The summed E-state index contributed by atoms with van der Waals surface area (Å²) in [6.07, 6.45) is 0. The van der Waals surface area contributed by atoms with Crippen LogP contribution >= 0.6 is 11.8 Å². The summed E-state index contributed by atoms with van der Waals surface area (Å²) in [5.41, 5.74) is 2.22. The summed E-state index contributed by atoms with van der Waals surface area (Å²) in [4.78, 5) is 39.5. The van der Waals surface area contributed by atoms with E-state index in [9.17, 15) is 19.5 Å². The van der Waals surface area contributed by atoms with Crippen molar-refractivity contribution in [2.45, 2.75) is 10.1 Å². The average molecular weight is 563 g/mol. The van der Waals surface area contributed by atoms with Crippen LogP contribution < -0.4 is 15.4 Å². The first kappa shape index (κ1) is 27.5. The number of hydrogen-bond acceptors (Lipinski definition) is 5. The van der Waals surface area contributed by atoms with Gasteiger partial charge in [-0.1, -0.05) is 72.8 Å². The number of benzene rings is 5. The molecule has 204 valence electrons. The molecule has 0 aliphatic heterocycles. The topological polar surface area (TPSA) is 105 Å². The van der Waals surface area contributed by atoms with Crippen LogP contribution in [0.15, 0.2) is 120 Å². The first-order valence-electron chi connectivity index (χ1n) is 12.8. The SMILES string of the molecule is COc1ccccc1NC(=O)C(Sc1cccc(NC(=O)c2cccc3cccc(C(=O)O)c23)c1)c1ccccc1. The van der Waals surface area contributed by atoms with Gasteiger partial charge in [-0.05, 0) is 53.4 Å². The second kappa shape index (κ2) is 12.4. The van der Waals surface area contributed by atoms with Crippen LogP contribution in [0.25, 0.3) is 10.8 Å². The summed E-state index contributed by atoms with van der Waals surface area (Å²) >= 11 is 1.35. The minimum atomic E-state index is -1.10. The van der Waals surface area contributed by atoms with Gasteiger partial charge in [-0.15, -0.1) is 11.8 Å². The molecule has 0 bridgehead atoms. The van der Waals surface area contributed by atoms with E-state index in [1.165, 1.54) is 17.8 Å². The molecular weight excluding hydrogens is 536 g/mol. The molecule has 1 atom stereocenters. The Labute approximate surface area is 241 Å². The number of carbonyl (C=O) groups is 3. The Hall–Kier alpha value is -5.08. The summed E-state index contributed by atoms with van der Waals surface area (Å²) in [7, 11) is 1.55. The van der Waals surface area contributed by atoms with Crippen LogP contribution in [0, 0.1) is 0 Å². The highest BCUT2D eigenvalue weighted by molar-refractivity contribution is 8.00. The maximum Gasteiger partial charge on any atom is 0.336 e. The van der Waals surface area contributed by atoms with Crippen LogP contribution in [0.3, 0.4) is 0 Å². The van der Waals surface area contributed by atoms with Gasteiger partial charge >= 0.3 is 5.97 Å². The van der Waals surface area contributed by atoms with Gasteiger partial charge in [-0.3, -0.25) is 9.59 Å². The predicted molar refractivity (Wildman–Crippen MR) is 162 cm³/mol. The third kappa shape index (κ3) is 6.23. The van der Waals surface area contributed by atoms with E-state index in [1.54, 1.807) is 67.8 Å². The van der Waals surface area contributed by atoms with Crippen molar-refractivity contribution >= 4 is 51.7 Å². The minimum absolute atomic E-state index is 0.0596. The van der Waals surface area contributed by atoms with Crippen LogP contribution in [0.1, 0.15) is 31.5 Å². The Balaban J connectivity index is 1.41. The molecule has 5 aromatic rings. The van der Waals surface area contributed by atoms with Crippen LogP contribution in [0.4, 0.5) is 11.4 Å². The maximum absolute atomic E-state index is 13.5. The van der Waals surface area contributed by atoms with Crippen molar-refractivity contribution in [3.8, 4) is 5.75 Å². The molecule has 0 spiro atoms. The molecule has 0 heterocycles. The molecule has 41 heavy (non-hydrogen) atoms. The first-order chi connectivity index (χ1) is 19.9. The number of nitrogens with one attached hydrogen (secondary N) is 2. The number of carboxylic acid groups (broad SMARTS) is 1. The second-order valence-electron chi connectivity index (χ2n) is 9.09. The monoisotopic (exact) mass is 562 g/mol. The number of anilines is 2. The van der Waals surface area contributed by atoms with Crippen LogP contribution in [-0.2, 0) is 4.79 Å². The molecule has 1 unspecified atom stereocenters. The van der Waals surface area contributed by atoms with Crippen molar-refractivity contribution in [3.05, 3.63) is 132 Å². The lowest BCUT2D eigenvalue weighted by atomic mass is 9.98. The Kier molecular flexibility index (Phi) is 8.31. The molecule has 0 saturated carbocycles. The summed E-state index contributed by atoms with van der Waals surface area (Å²) < 4.78 is 5.39. The number of amides is 2. The Morgan fingerprint density at radius 1 is 0.756 bits per heavy atom. The zero-order valence-electron chi connectivity index (χ0n) is 22.0.